The lowest BCUT2D eigenvalue weighted by atomic mass is 10.2. The predicted octanol–water partition coefficient (Wildman–Crippen LogP) is 2.54. The topological polar surface area (TPSA) is 60.7 Å². The van der Waals surface area contributed by atoms with Crippen molar-refractivity contribution in [2.75, 3.05) is 13.7 Å². The Morgan fingerprint density at radius 1 is 1.25 bits per heavy atom. The van der Waals surface area contributed by atoms with Crippen LogP contribution in [0.3, 0.4) is 0 Å². The highest BCUT2D eigenvalue weighted by molar-refractivity contribution is 5.78. The zero-order chi connectivity index (χ0) is 14.4. The van der Waals surface area contributed by atoms with E-state index in [1.54, 1.807) is 31.6 Å². The molecule has 0 spiro atoms. The van der Waals surface area contributed by atoms with Gasteiger partial charge in [0.1, 0.15) is 5.76 Å². The van der Waals surface area contributed by atoms with Gasteiger partial charge in [0, 0.05) is 0 Å². The second-order valence-corrected chi connectivity index (χ2v) is 4.24. The monoisotopic (exact) mass is 275 g/mol. The average Bonchev–Trinajstić information content (AvgIpc) is 2.99. The number of carbonyl (C=O) groups excluding carboxylic acids is 1. The highest BCUT2D eigenvalue weighted by Gasteiger charge is 2.13. The molecule has 0 fully saturated rings. The minimum atomic E-state index is -0.222. The lowest BCUT2D eigenvalue weighted by Gasteiger charge is -2.13. The fraction of sp³-hybridized carbons (Fsp3) is 0.267. The van der Waals surface area contributed by atoms with Crippen LogP contribution in [0.25, 0.3) is 0 Å². The fourth-order valence-electron chi connectivity index (χ4n) is 1.77. The van der Waals surface area contributed by atoms with E-state index in [0.29, 0.717) is 17.3 Å². The van der Waals surface area contributed by atoms with Gasteiger partial charge >= 0.3 is 0 Å². The van der Waals surface area contributed by atoms with E-state index in [-0.39, 0.29) is 18.6 Å². The molecule has 1 aromatic carbocycles. The first-order chi connectivity index (χ1) is 9.70. The first-order valence-corrected chi connectivity index (χ1v) is 6.29. The summed E-state index contributed by atoms with van der Waals surface area (Å²) in [5.41, 5.74) is 0. The van der Waals surface area contributed by atoms with Crippen LogP contribution in [-0.4, -0.2) is 19.6 Å². The molecule has 20 heavy (non-hydrogen) atoms. The lowest BCUT2D eigenvalue weighted by Crippen LogP contribution is -2.31. The molecule has 1 heterocycles. The number of para-hydroxylation sites is 2. The third-order valence-corrected chi connectivity index (χ3v) is 2.78. The highest BCUT2D eigenvalue weighted by Crippen LogP contribution is 2.25. The molecule has 0 saturated heterocycles. The van der Waals surface area contributed by atoms with Crippen molar-refractivity contribution in [2.45, 2.75) is 13.0 Å². The molecule has 0 radical (unpaired) electrons. The Balaban J connectivity index is 1.86. The maximum atomic E-state index is 11.8. The molecule has 1 aromatic heterocycles. The zero-order valence-electron chi connectivity index (χ0n) is 11.5. The van der Waals surface area contributed by atoms with E-state index in [1.807, 2.05) is 25.1 Å². The second kappa shape index (κ2) is 6.65. The molecular weight excluding hydrogens is 258 g/mol. The Kier molecular flexibility index (Phi) is 4.65. The molecule has 2 rings (SSSR count). The SMILES string of the molecule is COc1ccccc1OCC(=O)N[C@H](C)c1ccco1. The van der Waals surface area contributed by atoms with Gasteiger partial charge in [-0.1, -0.05) is 12.1 Å². The van der Waals surface area contributed by atoms with E-state index >= 15 is 0 Å². The van der Waals surface area contributed by atoms with Crippen LogP contribution in [0, 0.1) is 0 Å². The Hall–Kier alpha value is -2.43. The number of benzene rings is 1. The maximum absolute atomic E-state index is 11.8. The molecule has 0 bridgehead atoms. The number of rotatable bonds is 6. The molecule has 106 valence electrons. The Bertz CT molecular complexity index is 551. The number of carbonyl (C=O) groups is 1. The molecule has 1 amide bonds. The van der Waals surface area contributed by atoms with Crippen LogP contribution in [0.5, 0.6) is 11.5 Å². The van der Waals surface area contributed by atoms with Gasteiger partial charge in [0.2, 0.25) is 0 Å². The number of nitrogens with one attached hydrogen (secondary N) is 1. The number of methoxy groups -OCH3 is 1. The fourth-order valence-corrected chi connectivity index (χ4v) is 1.77. The summed E-state index contributed by atoms with van der Waals surface area (Å²) in [6, 6.07) is 10.6. The van der Waals surface area contributed by atoms with Crippen molar-refractivity contribution in [3.05, 3.63) is 48.4 Å². The average molecular weight is 275 g/mol. The lowest BCUT2D eigenvalue weighted by molar-refractivity contribution is -0.123. The van der Waals surface area contributed by atoms with Crippen molar-refractivity contribution in [1.29, 1.82) is 0 Å². The highest BCUT2D eigenvalue weighted by atomic mass is 16.5. The maximum Gasteiger partial charge on any atom is 0.258 e. The molecule has 0 aliphatic heterocycles. The van der Waals surface area contributed by atoms with Gasteiger partial charge in [0.05, 0.1) is 19.4 Å². The van der Waals surface area contributed by atoms with E-state index in [0.717, 1.165) is 0 Å². The molecule has 0 unspecified atom stereocenters. The molecule has 5 heteroatoms. The quantitative estimate of drug-likeness (QED) is 0.880. The van der Waals surface area contributed by atoms with Crippen LogP contribution < -0.4 is 14.8 Å². The van der Waals surface area contributed by atoms with Crippen LogP contribution in [-0.2, 0) is 4.79 Å². The summed E-state index contributed by atoms with van der Waals surface area (Å²) in [6.45, 7) is 1.77. The number of amides is 1. The molecule has 0 saturated carbocycles. The molecule has 0 aliphatic carbocycles. The number of ether oxygens (including phenoxy) is 2. The van der Waals surface area contributed by atoms with Crippen molar-refractivity contribution in [3.8, 4) is 11.5 Å². The Labute approximate surface area is 117 Å². The van der Waals surface area contributed by atoms with Gasteiger partial charge in [-0.2, -0.15) is 0 Å². The Morgan fingerprint density at radius 3 is 2.65 bits per heavy atom. The first-order valence-electron chi connectivity index (χ1n) is 6.29. The summed E-state index contributed by atoms with van der Waals surface area (Å²) in [6.07, 6.45) is 1.57. The van der Waals surface area contributed by atoms with Gasteiger partial charge in [-0.05, 0) is 31.2 Å². The first kappa shape index (κ1) is 14.0. The van der Waals surface area contributed by atoms with Crippen molar-refractivity contribution in [1.82, 2.24) is 5.32 Å². The summed E-state index contributed by atoms with van der Waals surface area (Å²) in [7, 11) is 1.56. The van der Waals surface area contributed by atoms with E-state index in [9.17, 15) is 4.79 Å². The predicted molar refractivity (Wildman–Crippen MR) is 73.8 cm³/mol. The third kappa shape index (κ3) is 3.54. The van der Waals surface area contributed by atoms with Crippen molar-refractivity contribution in [3.63, 3.8) is 0 Å². The molecule has 1 atom stereocenters. The van der Waals surface area contributed by atoms with E-state index in [1.165, 1.54) is 0 Å². The van der Waals surface area contributed by atoms with Crippen molar-refractivity contribution >= 4 is 5.91 Å². The minimum Gasteiger partial charge on any atom is -0.493 e. The van der Waals surface area contributed by atoms with Gasteiger partial charge in [0.25, 0.3) is 5.91 Å². The van der Waals surface area contributed by atoms with Crippen LogP contribution in [0.4, 0.5) is 0 Å². The summed E-state index contributed by atoms with van der Waals surface area (Å²) in [5, 5.41) is 2.79. The molecule has 1 N–H and O–H groups in total. The number of furan rings is 1. The molecule has 0 aliphatic rings. The normalized spacial score (nSPS) is 11.7. The van der Waals surface area contributed by atoms with Gasteiger partial charge in [0.15, 0.2) is 18.1 Å². The van der Waals surface area contributed by atoms with Crippen LogP contribution in [0.15, 0.2) is 47.1 Å². The smallest absolute Gasteiger partial charge is 0.258 e. The van der Waals surface area contributed by atoms with E-state index in [4.69, 9.17) is 13.9 Å². The summed E-state index contributed by atoms with van der Waals surface area (Å²) in [5.74, 6) is 1.62. The largest absolute Gasteiger partial charge is 0.493 e. The summed E-state index contributed by atoms with van der Waals surface area (Å²) >= 11 is 0. The van der Waals surface area contributed by atoms with Crippen molar-refractivity contribution in [2.24, 2.45) is 0 Å². The van der Waals surface area contributed by atoms with Crippen LogP contribution in [0.1, 0.15) is 18.7 Å². The van der Waals surface area contributed by atoms with Crippen molar-refractivity contribution < 1.29 is 18.7 Å². The zero-order valence-corrected chi connectivity index (χ0v) is 11.5. The third-order valence-electron chi connectivity index (χ3n) is 2.78. The van der Waals surface area contributed by atoms with Gasteiger partial charge in [-0.3, -0.25) is 4.79 Å². The molecule has 2 aromatic rings. The Morgan fingerprint density at radius 2 is 2.00 bits per heavy atom. The summed E-state index contributed by atoms with van der Waals surface area (Å²) in [4.78, 5) is 11.8. The summed E-state index contributed by atoms with van der Waals surface area (Å²) < 4.78 is 15.8. The van der Waals surface area contributed by atoms with Gasteiger partial charge in [-0.25, -0.2) is 0 Å². The van der Waals surface area contributed by atoms with E-state index in [2.05, 4.69) is 5.32 Å². The number of hydrogen-bond acceptors (Lipinski definition) is 4. The van der Waals surface area contributed by atoms with E-state index < -0.39 is 0 Å². The number of hydrogen-bond donors (Lipinski definition) is 1. The second-order valence-electron chi connectivity index (χ2n) is 4.24. The standard InChI is InChI=1S/C15H17NO4/c1-11(12-8-5-9-19-12)16-15(17)10-20-14-7-4-3-6-13(14)18-2/h3-9,11H,10H2,1-2H3,(H,16,17)/t11-/m1/s1. The van der Waals surface area contributed by atoms with Crippen LogP contribution in [0.2, 0.25) is 0 Å². The molecular formula is C15H17NO4. The van der Waals surface area contributed by atoms with Crippen LogP contribution >= 0.6 is 0 Å². The van der Waals surface area contributed by atoms with Gasteiger partial charge < -0.3 is 19.2 Å². The minimum absolute atomic E-state index is 0.0780. The van der Waals surface area contributed by atoms with Gasteiger partial charge in [-0.15, -0.1) is 0 Å². The molecule has 5 nitrogen and oxygen atoms in total.